The van der Waals surface area contributed by atoms with Crippen molar-refractivity contribution in [2.45, 2.75) is 45.4 Å². The first-order valence-electron chi connectivity index (χ1n) is 8.22. The molecule has 116 valence electrons. The normalized spacial score (nSPS) is 19.0. The van der Waals surface area contributed by atoms with Crippen LogP contribution in [-0.4, -0.2) is 25.5 Å². The van der Waals surface area contributed by atoms with Gasteiger partial charge in [0.1, 0.15) is 0 Å². The molecule has 0 bridgehead atoms. The summed E-state index contributed by atoms with van der Waals surface area (Å²) in [6, 6.07) is 10.4. The largest absolute Gasteiger partial charge is 0.355 e. The second-order valence-electron chi connectivity index (χ2n) is 6.30. The Kier molecular flexibility index (Phi) is 5.80. The second-order valence-corrected chi connectivity index (χ2v) is 6.30. The highest BCUT2D eigenvalue weighted by Crippen LogP contribution is 2.34. The van der Waals surface area contributed by atoms with Crippen LogP contribution >= 0.6 is 0 Å². The van der Waals surface area contributed by atoms with E-state index in [1.807, 2.05) is 6.07 Å². The minimum Gasteiger partial charge on any atom is -0.355 e. The minimum absolute atomic E-state index is 0.142. The zero-order valence-electron chi connectivity index (χ0n) is 13.3. The van der Waals surface area contributed by atoms with Gasteiger partial charge < -0.3 is 10.6 Å². The van der Waals surface area contributed by atoms with Crippen LogP contribution in [-0.2, 0) is 4.79 Å². The van der Waals surface area contributed by atoms with Crippen LogP contribution in [0.1, 0.15) is 51.0 Å². The van der Waals surface area contributed by atoms with E-state index in [0.717, 1.165) is 45.3 Å². The molecule has 3 nitrogen and oxygen atoms in total. The number of hydrogen-bond acceptors (Lipinski definition) is 2. The molecule has 1 atom stereocenters. The third-order valence-corrected chi connectivity index (χ3v) is 4.71. The molecule has 0 aromatic heterocycles. The highest BCUT2D eigenvalue weighted by molar-refractivity contribution is 5.82. The zero-order valence-corrected chi connectivity index (χ0v) is 13.3. The summed E-state index contributed by atoms with van der Waals surface area (Å²) in [6.07, 6.45) is 4.00. The van der Waals surface area contributed by atoms with Crippen LogP contribution in [0.15, 0.2) is 30.3 Å². The molecule has 0 spiro atoms. The highest BCUT2D eigenvalue weighted by atomic mass is 16.2. The molecular formula is C18H28N2O. The Balaban J connectivity index is 1.93. The third kappa shape index (κ3) is 4.07. The standard InChI is InChI=1S/C18H28N2O/c1-3-9-18(10-12-19-13-11-18)17(21)20-14-15(2)16-7-5-4-6-8-16/h4-8,15,19H,3,9-14H2,1-2H3,(H,20,21). The van der Waals surface area contributed by atoms with E-state index in [0.29, 0.717) is 5.92 Å². The fourth-order valence-electron chi connectivity index (χ4n) is 3.31. The molecule has 3 heteroatoms. The Bertz CT molecular complexity index is 432. The van der Waals surface area contributed by atoms with E-state index in [4.69, 9.17) is 0 Å². The molecule has 1 amide bonds. The van der Waals surface area contributed by atoms with Crippen molar-refractivity contribution in [3.05, 3.63) is 35.9 Å². The molecule has 2 rings (SSSR count). The van der Waals surface area contributed by atoms with E-state index in [1.54, 1.807) is 0 Å². The Hall–Kier alpha value is -1.35. The molecule has 1 aliphatic rings. The predicted molar refractivity (Wildman–Crippen MR) is 87.3 cm³/mol. The van der Waals surface area contributed by atoms with E-state index in [9.17, 15) is 4.79 Å². The predicted octanol–water partition coefficient (Wildman–Crippen LogP) is 3.08. The van der Waals surface area contributed by atoms with Gasteiger partial charge in [0.15, 0.2) is 0 Å². The summed E-state index contributed by atoms with van der Waals surface area (Å²) < 4.78 is 0. The Labute approximate surface area is 128 Å². The number of rotatable bonds is 6. The number of hydrogen-bond donors (Lipinski definition) is 2. The van der Waals surface area contributed by atoms with Gasteiger partial charge in [-0.1, -0.05) is 50.6 Å². The summed E-state index contributed by atoms with van der Waals surface area (Å²) in [5.41, 5.74) is 1.14. The molecule has 1 heterocycles. The first kappa shape index (κ1) is 16.0. The first-order valence-corrected chi connectivity index (χ1v) is 8.22. The lowest BCUT2D eigenvalue weighted by atomic mass is 9.74. The molecule has 0 aliphatic carbocycles. The van der Waals surface area contributed by atoms with Crippen LogP contribution in [0, 0.1) is 5.41 Å². The number of amides is 1. The lowest BCUT2D eigenvalue weighted by molar-refractivity contribution is -0.133. The van der Waals surface area contributed by atoms with Gasteiger partial charge in [-0.3, -0.25) is 4.79 Å². The smallest absolute Gasteiger partial charge is 0.226 e. The lowest BCUT2D eigenvalue weighted by Crippen LogP contribution is -2.48. The van der Waals surface area contributed by atoms with Gasteiger partial charge in [-0.25, -0.2) is 0 Å². The van der Waals surface area contributed by atoms with E-state index in [-0.39, 0.29) is 11.3 Å². The average Bonchev–Trinajstić information content (AvgIpc) is 2.54. The van der Waals surface area contributed by atoms with Crippen molar-refractivity contribution in [2.24, 2.45) is 5.41 Å². The second kappa shape index (κ2) is 7.60. The molecule has 1 fully saturated rings. The van der Waals surface area contributed by atoms with Crippen molar-refractivity contribution in [3.8, 4) is 0 Å². The maximum atomic E-state index is 12.7. The molecule has 0 saturated carbocycles. The van der Waals surface area contributed by atoms with Gasteiger partial charge in [0.25, 0.3) is 0 Å². The van der Waals surface area contributed by atoms with Crippen LogP contribution < -0.4 is 10.6 Å². The summed E-state index contributed by atoms with van der Waals surface area (Å²) >= 11 is 0. The van der Waals surface area contributed by atoms with Crippen molar-refractivity contribution in [1.29, 1.82) is 0 Å². The molecule has 21 heavy (non-hydrogen) atoms. The third-order valence-electron chi connectivity index (χ3n) is 4.71. The van der Waals surface area contributed by atoms with Crippen LogP contribution in [0.4, 0.5) is 0 Å². The molecule has 2 N–H and O–H groups in total. The van der Waals surface area contributed by atoms with E-state index < -0.39 is 0 Å². The number of carbonyl (C=O) groups excluding carboxylic acids is 1. The van der Waals surface area contributed by atoms with Crippen molar-refractivity contribution in [1.82, 2.24) is 10.6 Å². The lowest BCUT2D eigenvalue weighted by Gasteiger charge is -2.36. The van der Waals surface area contributed by atoms with Gasteiger partial charge in [0.05, 0.1) is 5.41 Å². The summed E-state index contributed by atoms with van der Waals surface area (Å²) in [5, 5.41) is 6.57. The van der Waals surface area contributed by atoms with Crippen LogP contribution in [0.2, 0.25) is 0 Å². The maximum absolute atomic E-state index is 12.7. The summed E-state index contributed by atoms with van der Waals surface area (Å²) in [6.45, 7) is 6.99. The van der Waals surface area contributed by atoms with E-state index in [2.05, 4.69) is 48.7 Å². The zero-order chi connectivity index (χ0) is 15.1. The summed E-state index contributed by atoms with van der Waals surface area (Å²) in [4.78, 5) is 12.7. The molecular weight excluding hydrogens is 260 g/mol. The SMILES string of the molecule is CCCC1(C(=O)NCC(C)c2ccccc2)CCNCC1. The Morgan fingerprint density at radius 1 is 1.29 bits per heavy atom. The number of carbonyl (C=O) groups is 1. The first-order chi connectivity index (χ1) is 10.2. The minimum atomic E-state index is -0.142. The van der Waals surface area contributed by atoms with Gasteiger partial charge >= 0.3 is 0 Å². The fourth-order valence-corrected chi connectivity index (χ4v) is 3.31. The Morgan fingerprint density at radius 3 is 2.57 bits per heavy atom. The monoisotopic (exact) mass is 288 g/mol. The summed E-state index contributed by atoms with van der Waals surface area (Å²) in [5.74, 6) is 0.615. The molecule has 1 unspecified atom stereocenters. The van der Waals surface area contributed by atoms with Crippen molar-refractivity contribution in [2.75, 3.05) is 19.6 Å². The topological polar surface area (TPSA) is 41.1 Å². The number of piperidine rings is 1. The van der Waals surface area contributed by atoms with Gasteiger partial charge in [0, 0.05) is 6.54 Å². The molecule has 0 radical (unpaired) electrons. The van der Waals surface area contributed by atoms with Crippen LogP contribution in [0.5, 0.6) is 0 Å². The molecule has 1 aromatic carbocycles. The molecule has 1 saturated heterocycles. The van der Waals surface area contributed by atoms with E-state index in [1.165, 1.54) is 5.56 Å². The van der Waals surface area contributed by atoms with Crippen molar-refractivity contribution in [3.63, 3.8) is 0 Å². The van der Waals surface area contributed by atoms with Crippen molar-refractivity contribution < 1.29 is 4.79 Å². The van der Waals surface area contributed by atoms with Crippen LogP contribution in [0.25, 0.3) is 0 Å². The molecule has 1 aromatic rings. The average molecular weight is 288 g/mol. The molecule has 1 aliphatic heterocycles. The fraction of sp³-hybridized carbons (Fsp3) is 0.611. The van der Waals surface area contributed by atoms with Gasteiger partial charge in [-0.15, -0.1) is 0 Å². The van der Waals surface area contributed by atoms with Gasteiger partial charge in [0.2, 0.25) is 5.91 Å². The maximum Gasteiger partial charge on any atom is 0.226 e. The number of benzene rings is 1. The van der Waals surface area contributed by atoms with E-state index >= 15 is 0 Å². The van der Waals surface area contributed by atoms with Crippen LogP contribution in [0.3, 0.4) is 0 Å². The summed E-state index contributed by atoms with van der Waals surface area (Å²) in [7, 11) is 0. The Morgan fingerprint density at radius 2 is 1.95 bits per heavy atom. The van der Waals surface area contributed by atoms with Gasteiger partial charge in [-0.05, 0) is 43.8 Å². The quantitative estimate of drug-likeness (QED) is 0.844. The highest BCUT2D eigenvalue weighted by Gasteiger charge is 2.38. The number of nitrogens with one attached hydrogen (secondary N) is 2. The van der Waals surface area contributed by atoms with Crippen molar-refractivity contribution >= 4 is 5.91 Å². The van der Waals surface area contributed by atoms with Gasteiger partial charge in [-0.2, -0.15) is 0 Å².